The van der Waals surface area contributed by atoms with Crippen LogP contribution in [0.4, 0.5) is 5.95 Å². The lowest BCUT2D eigenvalue weighted by atomic mass is 10.1. The highest BCUT2D eigenvalue weighted by Gasteiger charge is 2.12. The summed E-state index contributed by atoms with van der Waals surface area (Å²) in [6.45, 7) is 1.52. The fourth-order valence-electron chi connectivity index (χ4n) is 2.92. The summed E-state index contributed by atoms with van der Waals surface area (Å²) in [7, 11) is 4.12. The Morgan fingerprint density at radius 2 is 2.00 bits per heavy atom. The molecule has 0 aliphatic carbocycles. The molecule has 0 unspecified atom stereocenters. The van der Waals surface area contributed by atoms with Crippen LogP contribution < -0.4 is 5.32 Å². The summed E-state index contributed by atoms with van der Waals surface area (Å²) in [5.41, 5.74) is 4.05. The Kier molecular flexibility index (Phi) is 5.07. The Balaban J connectivity index is 1.62. The number of rotatable bonds is 6. The highest BCUT2D eigenvalue weighted by atomic mass is 35.5. The van der Waals surface area contributed by atoms with Crippen LogP contribution in [-0.2, 0) is 13.1 Å². The second-order valence-electron chi connectivity index (χ2n) is 6.50. The van der Waals surface area contributed by atoms with Crippen molar-refractivity contribution < 1.29 is 0 Å². The van der Waals surface area contributed by atoms with Crippen LogP contribution in [0.1, 0.15) is 10.4 Å². The predicted molar refractivity (Wildman–Crippen MR) is 110 cm³/mol. The largest absolute Gasteiger partial charge is 0.350 e. The maximum atomic E-state index is 6.17. The first-order chi connectivity index (χ1) is 13.1. The van der Waals surface area contributed by atoms with Gasteiger partial charge in [-0.2, -0.15) is 0 Å². The van der Waals surface area contributed by atoms with E-state index >= 15 is 0 Å². The van der Waals surface area contributed by atoms with Gasteiger partial charge in [-0.3, -0.25) is 4.40 Å². The fraction of sp³-hybridized carbons (Fsp3) is 0.211. The van der Waals surface area contributed by atoms with Gasteiger partial charge in [0.15, 0.2) is 5.65 Å². The zero-order chi connectivity index (χ0) is 18.8. The second-order valence-corrected chi connectivity index (χ2v) is 7.91. The first kappa shape index (κ1) is 17.9. The zero-order valence-corrected chi connectivity index (χ0v) is 16.6. The number of hydrogen-bond donors (Lipinski definition) is 1. The van der Waals surface area contributed by atoms with E-state index < -0.39 is 0 Å². The minimum atomic E-state index is 0.607. The SMILES string of the molecule is CN(C)Cc1ccc(-c2cnc(NCc3sccc3Cl)n3cnnc23)cc1. The van der Waals surface area contributed by atoms with E-state index in [1.807, 2.05) is 22.0 Å². The Hall–Kier alpha value is -2.48. The fourth-order valence-corrected chi connectivity index (χ4v) is 3.96. The summed E-state index contributed by atoms with van der Waals surface area (Å²) in [6, 6.07) is 10.4. The first-order valence-electron chi connectivity index (χ1n) is 8.50. The molecule has 0 atom stereocenters. The summed E-state index contributed by atoms with van der Waals surface area (Å²) < 4.78 is 1.87. The lowest BCUT2D eigenvalue weighted by Crippen LogP contribution is -2.10. The maximum Gasteiger partial charge on any atom is 0.210 e. The van der Waals surface area contributed by atoms with Crippen LogP contribution in [0.5, 0.6) is 0 Å². The van der Waals surface area contributed by atoms with Gasteiger partial charge in [-0.1, -0.05) is 35.9 Å². The molecule has 0 saturated heterocycles. The van der Waals surface area contributed by atoms with Crippen LogP contribution in [0.25, 0.3) is 16.8 Å². The smallest absolute Gasteiger partial charge is 0.210 e. The van der Waals surface area contributed by atoms with Crippen molar-refractivity contribution in [3.8, 4) is 11.1 Å². The zero-order valence-electron chi connectivity index (χ0n) is 15.1. The molecule has 0 spiro atoms. The van der Waals surface area contributed by atoms with Gasteiger partial charge in [0.1, 0.15) is 6.33 Å². The van der Waals surface area contributed by atoms with E-state index in [1.165, 1.54) is 5.56 Å². The van der Waals surface area contributed by atoms with Crippen molar-refractivity contribution in [3.05, 3.63) is 63.7 Å². The molecule has 1 aromatic carbocycles. The number of nitrogens with one attached hydrogen (secondary N) is 1. The van der Waals surface area contributed by atoms with Crippen LogP contribution in [-0.4, -0.2) is 38.6 Å². The molecule has 0 aliphatic heterocycles. The highest BCUT2D eigenvalue weighted by Crippen LogP contribution is 2.26. The Morgan fingerprint density at radius 3 is 2.70 bits per heavy atom. The molecule has 3 heterocycles. The molecular formula is C19H19ClN6S. The minimum absolute atomic E-state index is 0.607. The Morgan fingerprint density at radius 1 is 1.19 bits per heavy atom. The van der Waals surface area contributed by atoms with E-state index in [9.17, 15) is 0 Å². The first-order valence-corrected chi connectivity index (χ1v) is 9.76. The van der Waals surface area contributed by atoms with E-state index in [2.05, 4.69) is 63.8 Å². The molecule has 0 saturated carbocycles. The summed E-state index contributed by atoms with van der Waals surface area (Å²) in [5.74, 6) is 0.687. The summed E-state index contributed by atoms with van der Waals surface area (Å²) in [5, 5.41) is 14.4. The summed E-state index contributed by atoms with van der Waals surface area (Å²) in [6.07, 6.45) is 3.51. The Labute approximate surface area is 166 Å². The van der Waals surface area contributed by atoms with Crippen LogP contribution in [0, 0.1) is 0 Å². The lowest BCUT2D eigenvalue weighted by molar-refractivity contribution is 0.402. The molecule has 0 aliphatic rings. The molecule has 0 amide bonds. The highest BCUT2D eigenvalue weighted by molar-refractivity contribution is 7.10. The normalized spacial score (nSPS) is 11.4. The van der Waals surface area contributed by atoms with Gasteiger partial charge in [0.05, 0.1) is 11.6 Å². The van der Waals surface area contributed by atoms with E-state index in [-0.39, 0.29) is 0 Å². The van der Waals surface area contributed by atoms with E-state index in [0.29, 0.717) is 12.5 Å². The molecule has 4 aromatic rings. The number of nitrogens with zero attached hydrogens (tertiary/aromatic N) is 5. The Bertz CT molecular complexity index is 1050. The molecule has 27 heavy (non-hydrogen) atoms. The van der Waals surface area contributed by atoms with Crippen LogP contribution in [0.3, 0.4) is 0 Å². The molecular weight excluding hydrogens is 380 g/mol. The number of anilines is 1. The standard InChI is InChI=1S/C19H19ClN6S/c1-25(2)11-13-3-5-14(6-4-13)15-9-21-19(26-12-23-24-18(15)26)22-10-17-16(20)7-8-27-17/h3-9,12H,10-11H2,1-2H3,(H,21,22). The number of benzene rings is 1. The van der Waals surface area contributed by atoms with Crippen LogP contribution in [0.2, 0.25) is 5.02 Å². The van der Waals surface area contributed by atoms with Gasteiger partial charge in [-0.15, -0.1) is 21.5 Å². The molecule has 0 bridgehead atoms. The van der Waals surface area contributed by atoms with Crippen molar-refractivity contribution in [1.82, 2.24) is 24.5 Å². The van der Waals surface area contributed by atoms with Gasteiger partial charge in [0, 0.05) is 23.2 Å². The molecule has 6 nitrogen and oxygen atoms in total. The van der Waals surface area contributed by atoms with Crippen LogP contribution >= 0.6 is 22.9 Å². The van der Waals surface area contributed by atoms with Crippen LogP contribution in [0.15, 0.2) is 48.2 Å². The topological polar surface area (TPSA) is 58.4 Å². The van der Waals surface area contributed by atoms with Gasteiger partial charge in [0.25, 0.3) is 0 Å². The van der Waals surface area contributed by atoms with E-state index in [4.69, 9.17) is 11.6 Å². The minimum Gasteiger partial charge on any atom is -0.350 e. The molecule has 0 radical (unpaired) electrons. The van der Waals surface area contributed by atoms with E-state index in [0.717, 1.165) is 33.2 Å². The van der Waals surface area contributed by atoms with Crippen molar-refractivity contribution in [2.45, 2.75) is 13.1 Å². The molecule has 1 N–H and O–H groups in total. The van der Waals surface area contributed by atoms with Crippen molar-refractivity contribution in [2.75, 3.05) is 19.4 Å². The predicted octanol–water partition coefficient (Wildman–Crippen LogP) is 4.18. The van der Waals surface area contributed by atoms with Crippen molar-refractivity contribution in [1.29, 1.82) is 0 Å². The van der Waals surface area contributed by atoms with E-state index in [1.54, 1.807) is 17.7 Å². The monoisotopic (exact) mass is 398 g/mol. The number of fused-ring (bicyclic) bond motifs is 1. The number of halogens is 1. The molecule has 4 rings (SSSR count). The van der Waals surface area contributed by atoms with Crippen molar-refractivity contribution >= 4 is 34.5 Å². The average molecular weight is 399 g/mol. The summed E-state index contributed by atoms with van der Waals surface area (Å²) >= 11 is 7.78. The quantitative estimate of drug-likeness (QED) is 0.528. The lowest BCUT2D eigenvalue weighted by Gasteiger charge is -2.11. The number of thiophene rings is 1. The third kappa shape index (κ3) is 3.80. The van der Waals surface area contributed by atoms with Crippen molar-refractivity contribution in [3.63, 3.8) is 0 Å². The van der Waals surface area contributed by atoms with Crippen molar-refractivity contribution in [2.24, 2.45) is 0 Å². The van der Waals surface area contributed by atoms with Gasteiger partial charge < -0.3 is 10.2 Å². The third-order valence-electron chi connectivity index (χ3n) is 4.19. The van der Waals surface area contributed by atoms with Gasteiger partial charge in [-0.25, -0.2) is 4.98 Å². The number of aromatic nitrogens is 4. The maximum absolute atomic E-state index is 6.17. The number of hydrogen-bond acceptors (Lipinski definition) is 6. The molecule has 8 heteroatoms. The third-order valence-corrected chi connectivity index (χ3v) is 5.58. The molecule has 138 valence electrons. The van der Waals surface area contributed by atoms with Gasteiger partial charge in [-0.05, 0) is 36.7 Å². The average Bonchev–Trinajstić information content (AvgIpc) is 3.29. The second kappa shape index (κ2) is 7.64. The van der Waals surface area contributed by atoms with Gasteiger partial charge in [0.2, 0.25) is 5.95 Å². The summed E-state index contributed by atoms with van der Waals surface area (Å²) in [4.78, 5) is 7.80. The molecule has 3 aromatic heterocycles. The van der Waals surface area contributed by atoms with Gasteiger partial charge >= 0.3 is 0 Å². The molecule has 0 fully saturated rings.